The van der Waals surface area contributed by atoms with Crippen LogP contribution < -0.4 is 4.74 Å². The third-order valence-corrected chi connectivity index (χ3v) is 6.19. The number of benzene rings is 1. The zero-order valence-electron chi connectivity index (χ0n) is 12.5. The summed E-state index contributed by atoms with van der Waals surface area (Å²) in [6.07, 6.45) is 0. The van der Waals surface area contributed by atoms with Crippen LogP contribution in [0, 0.1) is 0 Å². The summed E-state index contributed by atoms with van der Waals surface area (Å²) in [7, 11) is 2.45. The van der Waals surface area contributed by atoms with Crippen molar-refractivity contribution in [1.82, 2.24) is 0 Å². The van der Waals surface area contributed by atoms with Crippen LogP contribution >= 0.6 is 47.3 Å². The SMILES string of the molecule is COC(=O)C1=C(C(=O)OC)SC(=C(Cl)C(=S)Oc2ccccc2)S1. The van der Waals surface area contributed by atoms with Gasteiger partial charge in [-0.05, 0) is 24.4 Å². The molecule has 0 spiro atoms. The van der Waals surface area contributed by atoms with Crippen LogP contribution in [0.3, 0.4) is 0 Å². The molecule has 0 atom stereocenters. The Morgan fingerprint density at radius 1 is 1.00 bits per heavy atom. The second-order valence-electron chi connectivity index (χ2n) is 4.15. The van der Waals surface area contributed by atoms with E-state index < -0.39 is 11.9 Å². The van der Waals surface area contributed by atoms with Gasteiger partial charge in [0.15, 0.2) is 0 Å². The minimum atomic E-state index is -0.651. The fraction of sp³-hybridized carbons (Fsp3) is 0.133. The van der Waals surface area contributed by atoms with E-state index in [9.17, 15) is 9.59 Å². The molecule has 0 N–H and O–H groups in total. The Hall–Kier alpha value is -1.48. The quantitative estimate of drug-likeness (QED) is 0.427. The van der Waals surface area contributed by atoms with Crippen molar-refractivity contribution in [3.63, 3.8) is 0 Å². The molecule has 1 aromatic rings. The molecule has 1 aromatic carbocycles. The number of esters is 2. The summed E-state index contributed by atoms with van der Waals surface area (Å²) in [5, 5.41) is 0.164. The fourth-order valence-electron chi connectivity index (χ4n) is 1.57. The molecule has 0 amide bonds. The molecule has 0 saturated heterocycles. The zero-order chi connectivity index (χ0) is 17.7. The van der Waals surface area contributed by atoms with E-state index in [1.54, 1.807) is 24.3 Å². The van der Waals surface area contributed by atoms with Gasteiger partial charge in [0, 0.05) is 0 Å². The molecule has 0 aliphatic carbocycles. The molecule has 0 aromatic heterocycles. The number of carbonyl (C=O) groups excluding carboxylic acids is 2. The van der Waals surface area contributed by atoms with Gasteiger partial charge in [0.05, 0.1) is 18.5 Å². The van der Waals surface area contributed by atoms with Gasteiger partial charge in [-0.1, -0.05) is 53.3 Å². The third-order valence-electron chi connectivity index (χ3n) is 2.65. The Morgan fingerprint density at radius 3 is 1.96 bits per heavy atom. The van der Waals surface area contributed by atoms with Crippen molar-refractivity contribution in [1.29, 1.82) is 0 Å². The van der Waals surface area contributed by atoms with Crippen molar-refractivity contribution in [2.75, 3.05) is 14.2 Å². The first kappa shape index (κ1) is 18.9. The average molecular weight is 403 g/mol. The molecule has 1 heterocycles. The van der Waals surface area contributed by atoms with Gasteiger partial charge in [0.1, 0.15) is 20.6 Å². The number of thiocarbonyl (C=S) groups is 1. The highest BCUT2D eigenvalue weighted by Gasteiger charge is 2.34. The largest absolute Gasteiger partial charge is 0.465 e. The lowest BCUT2D eigenvalue weighted by Crippen LogP contribution is -2.08. The lowest BCUT2D eigenvalue weighted by atomic mass is 10.3. The molecule has 5 nitrogen and oxygen atoms in total. The van der Waals surface area contributed by atoms with E-state index in [0.29, 0.717) is 9.99 Å². The van der Waals surface area contributed by atoms with Gasteiger partial charge >= 0.3 is 11.9 Å². The number of hydrogen-bond acceptors (Lipinski definition) is 8. The summed E-state index contributed by atoms with van der Waals surface area (Å²) in [4.78, 5) is 23.8. The summed E-state index contributed by atoms with van der Waals surface area (Å²) in [5.74, 6) is -0.770. The van der Waals surface area contributed by atoms with E-state index >= 15 is 0 Å². The average Bonchev–Trinajstić information content (AvgIpc) is 3.05. The molecule has 1 aliphatic rings. The molecule has 0 fully saturated rings. The summed E-state index contributed by atoms with van der Waals surface area (Å²) in [5.41, 5.74) is 0. The first-order chi connectivity index (χ1) is 11.5. The summed E-state index contributed by atoms with van der Waals surface area (Å²) in [6, 6.07) is 8.89. The van der Waals surface area contributed by atoms with Crippen LogP contribution in [0.15, 0.2) is 49.4 Å². The van der Waals surface area contributed by atoms with Crippen LogP contribution in [0.25, 0.3) is 0 Å². The number of ether oxygens (including phenoxy) is 3. The maximum absolute atomic E-state index is 11.8. The Labute approximate surface area is 157 Å². The second-order valence-corrected chi connectivity index (χ2v) is 7.20. The maximum atomic E-state index is 11.8. The minimum absolute atomic E-state index is 0.0354. The van der Waals surface area contributed by atoms with Crippen LogP contribution in [0.5, 0.6) is 5.75 Å². The lowest BCUT2D eigenvalue weighted by Gasteiger charge is -2.07. The third kappa shape index (κ3) is 4.32. The predicted octanol–water partition coefficient (Wildman–Crippen LogP) is 3.84. The normalized spacial score (nSPS) is 13.5. The second kappa shape index (κ2) is 8.57. The Balaban J connectivity index is 2.23. The van der Waals surface area contributed by atoms with E-state index in [0.717, 1.165) is 23.5 Å². The molecule has 0 bridgehead atoms. The zero-order valence-corrected chi connectivity index (χ0v) is 15.7. The van der Waals surface area contributed by atoms with Crippen LogP contribution in [-0.4, -0.2) is 31.2 Å². The van der Waals surface area contributed by atoms with Crippen molar-refractivity contribution in [2.24, 2.45) is 0 Å². The summed E-state index contributed by atoms with van der Waals surface area (Å²) in [6.45, 7) is 0. The van der Waals surface area contributed by atoms with Crippen molar-refractivity contribution >= 4 is 64.3 Å². The predicted molar refractivity (Wildman–Crippen MR) is 98.8 cm³/mol. The van der Waals surface area contributed by atoms with Gasteiger partial charge in [0.2, 0.25) is 5.05 Å². The van der Waals surface area contributed by atoms with Crippen molar-refractivity contribution < 1.29 is 23.8 Å². The Bertz CT molecular complexity index is 713. The molecule has 2 rings (SSSR count). The molecule has 0 radical (unpaired) electrons. The molecular formula is C15H11ClO5S3. The van der Waals surface area contributed by atoms with Gasteiger partial charge in [-0.15, -0.1) is 0 Å². The highest BCUT2D eigenvalue weighted by molar-refractivity contribution is 8.29. The Morgan fingerprint density at radius 2 is 1.50 bits per heavy atom. The van der Waals surface area contributed by atoms with Crippen LogP contribution in [0.2, 0.25) is 0 Å². The molecule has 1 aliphatic heterocycles. The Kier molecular flexibility index (Phi) is 6.73. The highest BCUT2D eigenvalue weighted by Crippen LogP contribution is 2.52. The minimum Gasteiger partial charge on any atom is -0.465 e. The number of thioether (sulfide) groups is 2. The summed E-state index contributed by atoms with van der Waals surface area (Å²) < 4.78 is 15.3. The maximum Gasteiger partial charge on any atom is 0.346 e. The van der Waals surface area contributed by atoms with E-state index in [1.807, 2.05) is 6.07 Å². The topological polar surface area (TPSA) is 61.8 Å². The number of methoxy groups -OCH3 is 2. The fourth-order valence-corrected chi connectivity index (χ4v) is 4.50. The molecule has 126 valence electrons. The van der Waals surface area contributed by atoms with Gasteiger partial charge in [-0.2, -0.15) is 0 Å². The standard InChI is InChI=1S/C15H11ClO5S3/c1-19-12(17)10-11(13(18)20-2)24-15(23-10)9(16)14(22)21-8-6-4-3-5-7-8/h3-7H,1-2H3. The van der Waals surface area contributed by atoms with Crippen LogP contribution in [-0.2, 0) is 19.1 Å². The van der Waals surface area contributed by atoms with Crippen molar-refractivity contribution in [3.05, 3.63) is 49.4 Å². The highest BCUT2D eigenvalue weighted by atomic mass is 35.5. The van der Waals surface area contributed by atoms with E-state index in [2.05, 4.69) is 9.47 Å². The first-order valence-corrected chi connectivity index (χ1v) is 8.83. The van der Waals surface area contributed by atoms with Crippen LogP contribution in [0.4, 0.5) is 0 Å². The van der Waals surface area contributed by atoms with E-state index in [1.165, 1.54) is 14.2 Å². The van der Waals surface area contributed by atoms with Gasteiger partial charge < -0.3 is 14.2 Å². The number of carbonyl (C=O) groups is 2. The van der Waals surface area contributed by atoms with Crippen molar-refractivity contribution in [3.8, 4) is 5.75 Å². The molecule has 0 saturated carbocycles. The van der Waals surface area contributed by atoms with Crippen LogP contribution in [0.1, 0.15) is 0 Å². The van der Waals surface area contributed by atoms with E-state index in [4.69, 9.17) is 28.6 Å². The number of rotatable bonds is 4. The monoisotopic (exact) mass is 402 g/mol. The molecule has 0 unspecified atom stereocenters. The van der Waals surface area contributed by atoms with E-state index in [-0.39, 0.29) is 19.9 Å². The van der Waals surface area contributed by atoms with Gasteiger partial charge in [-0.3, -0.25) is 0 Å². The van der Waals surface area contributed by atoms with Gasteiger partial charge in [0.25, 0.3) is 0 Å². The summed E-state index contributed by atoms with van der Waals surface area (Å²) >= 11 is 13.4. The van der Waals surface area contributed by atoms with Crippen molar-refractivity contribution in [2.45, 2.75) is 0 Å². The van der Waals surface area contributed by atoms with Gasteiger partial charge in [-0.25, -0.2) is 9.59 Å². The number of halogens is 1. The number of hydrogen-bond donors (Lipinski definition) is 0. The molecule has 24 heavy (non-hydrogen) atoms. The number of para-hydroxylation sites is 1. The lowest BCUT2D eigenvalue weighted by molar-refractivity contribution is -0.138. The smallest absolute Gasteiger partial charge is 0.346 e. The first-order valence-electron chi connectivity index (χ1n) is 6.41. The molecule has 9 heteroatoms. The molecular weight excluding hydrogens is 392 g/mol.